The van der Waals surface area contributed by atoms with Gasteiger partial charge in [0.1, 0.15) is 5.54 Å². The van der Waals surface area contributed by atoms with Crippen LogP contribution >= 0.6 is 0 Å². The normalized spacial score (nSPS) is 14.7. The second-order valence-electron chi connectivity index (χ2n) is 7.02. The number of carbonyl (C=O) groups excluding carboxylic acids is 2. The fourth-order valence-electron chi connectivity index (χ4n) is 3.44. The summed E-state index contributed by atoms with van der Waals surface area (Å²) in [5.74, 6) is -0.459. The summed E-state index contributed by atoms with van der Waals surface area (Å²) in [5.41, 5.74) is 1.33. The molecule has 0 spiro atoms. The Labute approximate surface area is 164 Å². The number of rotatable bonds is 7. The molecule has 0 saturated heterocycles. The van der Waals surface area contributed by atoms with E-state index in [4.69, 9.17) is 0 Å². The van der Waals surface area contributed by atoms with Crippen molar-refractivity contribution in [2.24, 2.45) is 0 Å². The van der Waals surface area contributed by atoms with E-state index in [1.807, 2.05) is 36.4 Å². The molecule has 1 saturated carbocycles. The van der Waals surface area contributed by atoms with Crippen molar-refractivity contribution in [1.82, 2.24) is 10.6 Å². The van der Waals surface area contributed by atoms with Crippen LogP contribution in [0.1, 0.15) is 41.6 Å². The first kappa shape index (κ1) is 19.4. The average molecular weight is 376 g/mol. The van der Waals surface area contributed by atoms with E-state index in [1.165, 1.54) is 0 Å². The van der Waals surface area contributed by atoms with E-state index < -0.39 is 5.54 Å². The molecule has 2 aromatic rings. The zero-order valence-electron chi connectivity index (χ0n) is 15.7. The lowest BCUT2D eigenvalue weighted by atomic mass is 10.00. The molecule has 144 valence electrons. The molecule has 6 nitrogen and oxygen atoms in total. The topological polar surface area (TPSA) is 94.0 Å². The van der Waals surface area contributed by atoms with Crippen molar-refractivity contribution in [2.75, 3.05) is 11.9 Å². The smallest absolute Gasteiger partial charge is 0.253 e. The Balaban J connectivity index is 1.58. The predicted octanol–water partition coefficient (Wildman–Crippen LogP) is 2.98. The zero-order chi connectivity index (χ0) is 19.8. The second-order valence-corrected chi connectivity index (χ2v) is 7.02. The fourth-order valence-corrected chi connectivity index (χ4v) is 3.44. The molecule has 0 bridgehead atoms. The molecule has 1 aliphatic rings. The average Bonchev–Trinajstić information content (AvgIpc) is 3.20. The third-order valence-electron chi connectivity index (χ3n) is 4.96. The molecule has 0 aliphatic heterocycles. The molecule has 28 heavy (non-hydrogen) atoms. The molecule has 0 aromatic heterocycles. The maximum Gasteiger partial charge on any atom is 0.253 e. The van der Waals surface area contributed by atoms with E-state index >= 15 is 0 Å². The van der Waals surface area contributed by atoms with Crippen molar-refractivity contribution in [1.29, 1.82) is 5.26 Å². The second kappa shape index (κ2) is 9.05. The van der Waals surface area contributed by atoms with Gasteiger partial charge in [-0.2, -0.15) is 5.26 Å². The van der Waals surface area contributed by atoms with Crippen molar-refractivity contribution in [3.8, 4) is 6.07 Å². The lowest BCUT2D eigenvalue weighted by Gasteiger charge is -2.22. The van der Waals surface area contributed by atoms with Crippen molar-refractivity contribution < 1.29 is 9.59 Å². The molecule has 2 amide bonds. The highest BCUT2D eigenvalue weighted by Gasteiger charge is 2.35. The first-order valence-corrected chi connectivity index (χ1v) is 9.49. The molecule has 0 unspecified atom stereocenters. The van der Waals surface area contributed by atoms with Gasteiger partial charge < -0.3 is 16.0 Å². The minimum atomic E-state index is -0.745. The maximum absolute atomic E-state index is 12.6. The van der Waals surface area contributed by atoms with Gasteiger partial charge in [-0.05, 0) is 43.4 Å². The quantitative estimate of drug-likeness (QED) is 0.692. The van der Waals surface area contributed by atoms with Crippen LogP contribution in [-0.2, 0) is 11.3 Å². The molecule has 3 rings (SSSR count). The first-order valence-electron chi connectivity index (χ1n) is 9.49. The van der Waals surface area contributed by atoms with Crippen molar-refractivity contribution in [3.05, 3.63) is 65.7 Å². The molecule has 0 radical (unpaired) electrons. The van der Waals surface area contributed by atoms with Crippen LogP contribution in [0, 0.1) is 11.3 Å². The molecule has 6 heteroatoms. The van der Waals surface area contributed by atoms with Crippen LogP contribution in [0.5, 0.6) is 0 Å². The van der Waals surface area contributed by atoms with Crippen LogP contribution in [0.4, 0.5) is 5.69 Å². The number of carbonyl (C=O) groups is 2. The van der Waals surface area contributed by atoms with Crippen LogP contribution < -0.4 is 16.0 Å². The predicted molar refractivity (Wildman–Crippen MR) is 107 cm³/mol. The highest BCUT2D eigenvalue weighted by molar-refractivity contribution is 6.00. The zero-order valence-corrected chi connectivity index (χ0v) is 15.7. The largest absolute Gasteiger partial charge is 0.376 e. The molecule has 3 N–H and O–H groups in total. The minimum absolute atomic E-state index is 0.00636. The standard InChI is InChI=1S/C22H24N4O2/c23-16-22(12-6-7-13-22)26-20(27)15-24-19-11-5-4-10-18(19)21(28)25-14-17-8-2-1-3-9-17/h1-5,8-11,24H,6-7,12-15H2,(H,25,28)(H,26,27). The Morgan fingerprint density at radius 1 is 1.00 bits per heavy atom. The molecular weight excluding hydrogens is 352 g/mol. The SMILES string of the molecule is N#CC1(NC(=O)CNc2ccccc2C(=O)NCc2ccccc2)CCCC1. The molecule has 1 fully saturated rings. The van der Waals surface area contributed by atoms with Crippen LogP contribution in [0.25, 0.3) is 0 Å². The summed E-state index contributed by atoms with van der Waals surface area (Å²) >= 11 is 0. The minimum Gasteiger partial charge on any atom is -0.376 e. The van der Waals surface area contributed by atoms with Crippen molar-refractivity contribution in [3.63, 3.8) is 0 Å². The summed E-state index contributed by atoms with van der Waals surface area (Å²) in [5, 5.41) is 18.1. The first-order chi connectivity index (χ1) is 13.6. The molecular formula is C22H24N4O2. The number of hydrogen-bond acceptors (Lipinski definition) is 4. The van der Waals surface area contributed by atoms with Gasteiger partial charge in [-0.25, -0.2) is 0 Å². The lowest BCUT2D eigenvalue weighted by molar-refractivity contribution is -0.120. The Hall–Kier alpha value is -3.33. The summed E-state index contributed by atoms with van der Waals surface area (Å²) < 4.78 is 0. The number of benzene rings is 2. The summed E-state index contributed by atoms with van der Waals surface area (Å²) in [6.45, 7) is 0.436. The van der Waals surface area contributed by atoms with Gasteiger partial charge in [0.05, 0.1) is 18.2 Å². The van der Waals surface area contributed by atoms with Gasteiger partial charge in [0.15, 0.2) is 0 Å². The van der Waals surface area contributed by atoms with E-state index in [-0.39, 0.29) is 18.4 Å². The number of amides is 2. The van der Waals surface area contributed by atoms with Crippen LogP contribution in [0.15, 0.2) is 54.6 Å². The van der Waals surface area contributed by atoms with Gasteiger partial charge in [-0.1, -0.05) is 42.5 Å². The van der Waals surface area contributed by atoms with Crippen LogP contribution in [-0.4, -0.2) is 23.9 Å². The van der Waals surface area contributed by atoms with Gasteiger partial charge >= 0.3 is 0 Å². The molecule has 2 aromatic carbocycles. The molecule has 0 heterocycles. The Morgan fingerprint density at radius 3 is 2.39 bits per heavy atom. The highest BCUT2D eigenvalue weighted by Crippen LogP contribution is 2.28. The van der Waals surface area contributed by atoms with Gasteiger partial charge in [-0.15, -0.1) is 0 Å². The summed E-state index contributed by atoms with van der Waals surface area (Å²) in [6.07, 6.45) is 3.28. The number of para-hydroxylation sites is 1. The van der Waals surface area contributed by atoms with Gasteiger partial charge in [0.25, 0.3) is 5.91 Å². The summed E-state index contributed by atoms with van der Waals surface area (Å²) in [6, 6.07) is 19.0. The van der Waals surface area contributed by atoms with Gasteiger partial charge in [0.2, 0.25) is 5.91 Å². The van der Waals surface area contributed by atoms with Gasteiger partial charge in [-0.3, -0.25) is 9.59 Å². The van der Waals surface area contributed by atoms with E-state index in [0.717, 1.165) is 18.4 Å². The van der Waals surface area contributed by atoms with E-state index in [1.54, 1.807) is 18.2 Å². The maximum atomic E-state index is 12.6. The third kappa shape index (κ3) is 4.89. The van der Waals surface area contributed by atoms with Crippen molar-refractivity contribution in [2.45, 2.75) is 37.8 Å². The fraction of sp³-hybridized carbons (Fsp3) is 0.318. The Kier molecular flexibility index (Phi) is 6.28. The number of nitriles is 1. The van der Waals surface area contributed by atoms with E-state index in [9.17, 15) is 14.9 Å². The number of hydrogen-bond donors (Lipinski definition) is 3. The number of anilines is 1. The molecule has 1 aliphatic carbocycles. The Bertz CT molecular complexity index is 868. The number of nitrogens with zero attached hydrogens (tertiary/aromatic N) is 1. The van der Waals surface area contributed by atoms with Crippen LogP contribution in [0.3, 0.4) is 0 Å². The highest BCUT2D eigenvalue weighted by atomic mass is 16.2. The third-order valence-corrected chi connectivity index (χ3v) is 4.96. The summed E-state index contributed by atoms with van der Waals surface area (Å²) in [7, 11) is 0. The molecule has 0 atom stereocenters. The lowest BCUT2D eigenvalue weighted by Crippen LogP contribution is -2.47. The van der Waals surface area contributed by atoms with E-state index in [0.29, 0.717) is 30.6 Å². The van der Waals surface area contributed by atoms with E-state index in [2.05, 4.69) is 22.0 Å². The van der Waals surface area contributed by atoms with Crippen molar-refractivity contribution >= 4 is 17.5 Å². The monoisotopic (exact) mass is 376 g/mol. The Morgan fingerprint density at radius 2 is 1.68 bits per heavy atom. The number of nitrogens with one attached hydrogen (secondary N) is 3. The van der Waals surface area contributed by atoms with Crippen LogP contribution in [0.2, 0.25) is 0 Å². The van der Waals surface area contributed by atoms with Gasteiger partial charge in [0, 0.05) is 12.2 Å². The summed E-state index contributed by atoms with van der Waals surface area (Å²) in [4.78, 5) is 24.9.